The molecule has 1 amide bonds. The SMILES string of the molecule is COC(=O)[C@H](N[C@@H]1C(C)=C(C)C(=O)N1Cc1ccc(F)cc1)c1ccc2ccccc2c1. The number of hydrogen-bond donors (Lipinski definition) is 1. The summed E-state index contributed by atoms with van der Waals surface area (Å²) in [5.74, 6) is -0.887. The molecule has 0 aliphatic carbocycles. The lowest BCUT2D eigenvalue weighted by Gasteiger charge is -2.31. The Morgan fingerprint density at radius 1 is 1.06 bits per heavy atom. The minimum Gasteiger partial charge on any atom is -0.468 e. The minimum absolute atomic E-state index is 0.119. The summed E-state index contributed by atoms with van der Waals surface area (Å²) in [6.45, 7) is 3.95. The number of halogens is 1. The molecule has 164 valence electrons. The molecule has 4 rings (SSSR count). The van der Waals surface area contributed by atoms with E-state index in [9.17, 15) is 14.0 Å². The van der Waals surface area contributed by atoms with Crippen molar-refractivity contribution in [2.24, 2.45) is 0 Å². The van der Waals surface area contributed by atoms with E-state index in [1.54, 1.807) is 24.0 Å². The highest BCUT2D eigenvalue weighted by atomic mass is 19.1. The first kappa shape index (κ1) is 21.7. The smallest absolute Gasteiger partial charge is 0.327 e. The number of fused-ring (bicyclic) bond motifs is 1. The van der Waals surface area contributed by atoms with E-state index < -0.39 is 18.2 Å². The van der Waals surface area contributed by atoms with E-state index in [-0.39, 0.29) is 18.3 Å². The van der Waals surface area contributed by atoms with Gasteiger partial charge in [-0.15, -0.1) is 0 Å². The Balaban J connectivity index is 1.67. The summed E-state index contributed by atoms with van der Waals surface area (Å²) in [6, 6.07) is 19.0. The topological polar surface area (TPSA) is 58.6 Å². The number of nitrogens with one attached hydrogen (secondary N) is 1. The van der Waals surface area contributed by atoms with E-state index in [1.807, 2.05) is 49.4 Å². The number of esters is 1. The van der Waals surface area contributed by atoms with Gasteiger partial charge in [-0.1, -0.05) is 48.5 Å². The fourth-order valence-electron chi connectivity index (χ4n) is 4.07. The van der Waals surface area contributed by atoms with Gasteiger partial charge in [-0.05, 0) is 59.5 Å². The van der Waals surface area contributed by atoms with Gasteiger partial charge >= 0.3 is 5.97 Å². The lowest BCUT2D eigenvalue weighted by Crippen LogP contribution is -2.48. The number of rotatable bonds is 6. The maximum absolute atomic E-state index is 13.3. The highest BCUT2D eigenvalue weighted by Gasteiger charge is 2.37. The van der Waals surface area contributed by atoms with Gasteiger partial charge in [0, 0.05) is 12.1 Å². The predicted molar refractivity (Wildman–Crippen MR) is 121 cm³/mol. The van der Waals surface area contributed by atoms with E-state index in [0.29, 0.717) is 5.57 Å². The third kappa shape index (κ3) is 4.14. The third-order valence-corrected chi connectivity index (χ3v) is 6.03. The standard InChI is InChI=1S/C26H25FN2O3/c1-16-17(2)25(30)29(15-18-8-12-22(27)13-9-18)24(16)28-23(26(31)32-3)21-11-10-19-6-4-5-7-20(19)14-21/h4-14,23-24,28H,15H2,1-3H3/t23-,24+/m1/s1. The molecule has 5 nitrogen and oxygen atoms in total. The van der Waals surface area contributed by atoms with Crippen molar-refractivity contribution in [1.82, 2.24) is 10.2 Å². The number of carbonyl (C=O) groups excluding carboxylic acids is 2. The molecule has 0 unspecified atom stereocenters. The molecular formula is C26H25FN2O3. The first-order valence-electron chi connectivity index (χ1n) is 10.4. The Hall–Kier alpha value is -3.51. The number of benzene rings is 3. The second-order valence-corrected chi connectivity index (χ2v) is 8.00. The molecule has 0 saturated carbocycles. The molecule has 0 bridgehead atoms. The molecule has 1 heterocycles. The van der Waals surface area contributed by atoms with Crippen molar-refractivity contribution in [3.05, 3.63) is 94.8 Å². The van der Waals surface area contributed by atoms with Gasteiger partial charge in [0.1, 0.15) is 18.0 Å². The third-order valence-electron chi connectivity index (χ3n) is 6.03. The van der Waals surface area contributed by atoms with Crippen molar-refractivity contribution in [2.45, 2.75) is 32.6 Å². The second-order valence-electron chi connectivity index (χ2n) is 8.00. The van der Waals surface area contributed by atoms with E-state index in [0.717, 1.165) is 27.5 Å². The predicted octanol–water partition coefficient (Wildman–Crippen LogP) is 4.49. The Labute approximate surface area is 186 Å². The molecule has 6 heteroatoms. The summed E-state index contributed by atoms with van der Waals surface area (Å²) < 4.78 is 18.4. The fraction of sp³-hybridized carbons (Fsp3) is 0.231. The van der Waals surface area contributed by atoms with Crippen LogP contribution in [0.1, 0.15) is 31.0 Å². The maximum Gasteiger partial charge on any atom is 0.327 e. The molecule has 0 saturated heterocycles. The number of amides is 1. The first-order valence-corrected chi connectivity index (χ1v) is 10.4. The van der Waals surface area contributed by atoms with Crippen molar-refractivity contribution in [3.8, 4) is 0 Å². The summed E-state index contributed by atoms with van der Waals surface area (Å²) in [6.07, 6.45) is -0.497. The van der Waals surface area contributed by atoms with Crippen molar-refractivity contribution < 1.29 is 18.7 Å². The van der Waals surface area contributed by atoms with Crippen LogP contribution in [-0.2, 0) is 20.9 Å². The van der Waals surface area contributed by atoms with E-state index >= 15 is 0 Å². The molecule has 2 atom stereocenters. The molecule has 0 spiro atoms. The molecule has 0 fully saturated rings. The summed E-state index contributed by atoms with van der Waals surface area (Å²) in [4.78, 5) is 27.4. The molecule has 0 aromatic heterocycles. The van der Waals surface area contributed by atoms with Gasteiger partial charge in [-0.2, -0.15) is 0 Å². The minimum atomic E-state index is -0.765. The Morgan fingerprint density at radius 3 is 2.44 bits per heavy atom. The summed E-state index contributed by atoms with van der Waals surface area (Å²) in [5, 5.41) is 5.42. The average molecular weight is 432 g/mol. The fourth-order valence-corrected chi connectivity index (χ4v) is 4.07. The zero-order chi connectivity index (χ0) is 22.8. The van der Waals surface area contributed by atoms with Crippen molar-refractivity contribution in [2.75, 3.05) is 7.11 Å². The molecule has 3 aromatic carbocycles. The summed E-state index contributed by atoms with van der Waals surface area (Å²) in [5.41, 5.74) is 3.02. The van der Waals surface area contributed by atoms with Gasteiger partial charge in [-0.3, -0.25) is 10.1 Å². The average Bonchev–Trinajstić information content (AvgIpc) is 3.01. The number of methoxy groups -OCH3 is 1. The van der Waals surface area contributed by atoms with Gasteiger partial charge in [0.2, 0.25) is 0 Å². The van der Waals surface area contributed by atoms with Gasteiger partial charge in [0.25, 0.3) is 5.91 Å². The largest absolute Gasteiger partial charge is 0.468 e. The molecule has 1 N–H and O–H groups in total. The monoisotopic (exact) mass is 432 g/mol. The van der Waals surface area contributed by atoms with Crippen LogP contribution in [0, 0.1) is 5.82 Å². The molecule has 0 radical (unpaired) electrons. The van der Waals surface area contributed by atoms with Crippen LogP contribution < -0.4 is 5.32 Å². The highest BCUT2D eigenvalue weighted by Crippen LogP contribution is 2.29. The molecule has 1 aliphatic heterocycles. The molecular weight excluding hydrogens is 407 g/mol. The molecule has 1 aliphatic rings. The van der Waals surface area contributed by atoms with Gasteiger partial charge < -0.3 is 9.64 Å². The van der Waals surface area contributed by atoms with Crippen LogP contribution in [0.5, 0.6) is 0 Å². The van der Waals surface area contributed by atoms with Crippen LogP contribution in [-0.4, -0.2) is 30.1 Å². The Morgan fingerprint density at radius 2 is 1.75 bits per heavy atom. The van der Waals surface area contributed by atoms with E-state index in [1.165, 1.54) is 19.2 Å². The van der Waals surface area contributed by atoms with E-state index in [4.69, 9.17) is 4.74 Å². The Bertz CT molecular complexity index is 1200. The molecule has 3 aromatic rings. The second kappa shape index (κ2) is 8.93. The zero-order valence-electron chi connectivity index (χ0n) is 18.3. The van der Waals surface area contributed by atoms with Crippen molar-refractivity contribution in [1.29, 1.82) is 0 Å². The number of carbonyl (C=O) groups is 2. The lowest BCUT2D eigenvalue weighted by atomic mass is 10.0. The lowest BCUT2D eigenvalue weighted by molar-refractivity contribution is -0.144. The number of ether oxygens (including phenoxy) is 1. The summed E-state index contributed by atoms with van der Waals surface area (Å²) in [7, 11) is 1.35. The number of nitrogens with zero attached hydrogens (tertiary/aromatic N) is 1. The molecule has 32 heavy (non-hydrogen) atoms. The normalized spacial score (nSPS) is 17.2. The quantitative estimate of drug-likeness (QED) is 0.583. The van der Waals surface area contributed by atoms with Crippen molar-refractivity contribution in [3.63, 3.8) is 0 Å². The van der Waals surface area contributed by atoms with Gasteiger partial charge in [0.05, 0.1) is 7.11 Å². The first-order chi connectivity index (χ1) is 15.4. The highest BCUT2D eigenvalue weighted by molar-refractivity contribution is 5.97. The van der Waals surface area contributed by atoms with Crippen LogP contribution in [0.15, 0.2) is 77.9 Å². The summed E-state index contributed by atoms with van der Waals surface area (Å²) >= 11 is 0. The number of hydrogen-bond acceptors (Lipinski definition) is 4. The zero-order valence-corrected chi connectivity index (χ0v) is 18.3. The van der Waals surface area contributed by atoms with Crippen LogP contribution in [0.4, 0.5) is 4.39 Å². The van der Waals surface area contributed by atoms with Gasteiger partial charge in [-0.25, -0.2) is 9.18 Å². The van der Waals surface area contributed by atoms with Gasteiger partial charge in [0.15, 0.2) is 0 Å². The van der Waals surface area contributed by atoms with Crippen LogP contribution in [0.25, 0.3) is 10.8 Å². The Kier molecular flexibility index (Phi) is 6.06. The van der Waals surface area contributed by atoms with Crippen molar-refractivity contribution >= 4 is 22.6 Å². The maximum atomic E-state index is 13.3. The van der Waals surface area contributed by atoms with E-state index in [2.05, 4.69) is 5.32 Å². The van der Waals surface area contributed by atoms with Crippen LogP contribution in [0.2, 0.25) is 0 Å². The van der Waals surface area contributed by atoms with Crippen LogP contribution >= 0.6 is 0 Å². The van der Waals surface area contributed by atoms with Crippen LogP contribution in [0.3, 0.4) is 0 Å².